The molecule has 0 spiro atoms. The molecule has 0 aromatic heterocycles. The highest BCUT2D eigenvalue weighted by molar-refractivity contribution is 5.87. The van der Waals surface area contributed by atoms with Gasteiger partial charge in [0.25, 0.3) is 0 Å². The summed E-state index contributed by atoms with van der Waals surface area (Å²) in [7, 11) is 0. The van der Waals surface area contributed by atoms with Crippen molar-refractivity contribution in [1.29, 1.82) is 0 Å². The van der Waals surface area contributed by atoms with E-state index in [2.05, 4.69) is 12.2 Å². The summed E-state index contributed by atoms with van der Waals surface area (Å²) >= 11 is 0. The van der Waals surface area contributed by atoms with Crippen LogP contribution >= 0.6 is 0 Å². The predicted octanol–water partition coefficient (Wildman–Crippen LogP) is 2.49. The summed E-state index contributed by atoms with van der Waals surface area (Å²) in [6.45, 7) is 1.58. The Bertz CT molecular complexity index is 189. The van der Waals surface area contributed by atoms with Crippen molar-refractivity contribution >= 4 is 5.78 Å². The first-order valence-electron chi connectivity index (χ1n) is 4.13. The van der Waals surface area contributed by atoms with Gasteiger partial charge in [0.05, 0.1) is 0 Å². The lowest BCUT2D eigenvalue weighted by molar-refractivity contribution is -0.112. The summed E-state index contributed by atoms with van der Waals surface area (Å²) in [5.74, 6) is 0.831. The first kappa shape index (κ1) is 8.25. The number of hydrogen-bond acceptors (Lipinski definition) is 1. The van der Waals surface area contributed by atoms with Crippen LogP contribution in [0.1, 0.15) is 26.2 Å². The van der Waals surface area contributed by atoms with E-state index >= 15 is 0 Å². The second kappa shape index (κ2) is 4.12. The van der Waals surface area contributed by atoms with Crippen molar-refractivity contribution in [1.82, 2.24) is 0 Å². The minimum Gasteiger partial charge on any atom is -0.295 e. The van der Waals surface area contributed by atoms with Crippen molar-refractivity contribution in [3.63, 3.8) is 0 Å². The van der Waals surface area contributed by atoms with Gasteiger partial charge in [-0.2, -0.15) is 0 Å². The molecule has 1 nitrogen and oxygen atoms in total. The SMILES string of the molecule is CC(=O)/C=C\CC1C=CCC1. The highest BCUT2D eigenvalue weighted by Gasteiger charge is 2.05. The van der Waals surface area contributed by atoms with Crippen LogP contribution in [0.4, 0.5) is 0 Å². The Morgan fingerprint density at radius 2 is 2.55 bits per heavy atom. The van der Waals surface area contributed by atoms with Gasteiger partial charge in [0, 0.05) is 0 Å². The largest absolute Gasteiger partial charge is 0.295 e. The van der Waals surface area contributed by atoms with Crippen molar-refractivity contribution in [2.75, 3.05) is 0 Å². The van der Waals surface area contributed by atoms with Gasteiger partial charge in [0.15, 0.2) is 5.78 Å². The van der Waals surface area contributed by atoms with Gasteiger partial charge in [-0.3, -0.25) is 4.79 Å². The molecule has 0 heterocycles. The highest BCUT2D eigenvalue weighted by Crippen LogP contribution is 2.20. The zero-order chi connectivity index (χ0) is 8.10. The van der Waals surface area contributed by atoms with Crippen molar-refractivity contribution in [2.24, 2.45) is 5.92 Å². The van der Waals surface area contributed by atoms with Crippen LogP contribution in [0, 0.1) is 5.92 Å². The maximum atomic E-state index is 10.5. The molecule has 1 rings (SSSR count). The Kier molecular flexibility index (Phi) is 3.09. The lowest BCUT2D eigenvalue weighted by Crippen LogP contribution is -1.89. The molecular formula is C10H14O. The van der Waals surface area contributed by atoms with Crippen molar-refractivity contribution in [3.8, 4) is 0 Å². The number of ketones is 1. The van der Waals surface area contributed by atoms with E-state index in [1.807, 2.05) is 6.08 Å². The molecule has 0 N–H and O–H groups in total. The zero-order valence-electron chi connectivity index (χ0n) is 6.92. The van der Waals surface area contributed by atoms with Gasteiger partial charge in [-0.25, -0.2) is 0 Å². The molecule has 0 aromatic carbocycles. The number of hydrogen-bond donors (Lipinski definition) is 0. The van der Waals surface area contributed by atoms with Crippen LogP contribution < -0.4 is 0 Å². The Balaban J connectivity index is 2.21. The third-order valence-corrected chi connectivity index (χ3v) is 1.90. The summed E-state index contributed by atoms with van der Waals surface area (Å²) in [6.07, 6.45) is 11.6. The van der Waals surface area contributed by atoms with Gasteiger partial charge in [-0.1, -0.05) is 18.2 Å². The first-order chi connectivity index (χ1) is 5.29. The Hall–Kier alpha value is -0.850. The summed E-state index contributed by atoms with van der Waals surface area (Å²) < 4.78 is 0. The maximum Gasteiger partial charge on any atom is 0.152 e. The number of rotatable bonds is 3. The van der Waals surface area contributed by atoms with Gasteiger partial charge in [0.1, 0.15) is 0 Å². The molecule has 0 bridgehead atoms. The Morgan fingerprint density at radius 3 is 3.09 bits per heavy atom. The second-order valence-corrected chi connectivity index (χ2v) is 3.01. The van der Waals surface area contributed by atoms with Crippen LogP contribution in [0.15, 0.2) is 24.3 Å². The lowest BCUT2D eigenvalue weighted by atomic mass is 10.1. The van der Waals surface area contributed by atoms with E-state index in [0.29, 0.717) is 5.92 Å². The quantitative estimate of drug-likeness (QED) is 0.446. The Morgan fingerprint density at radius 1 is 1.73 bits per heavy atom. The van der Waals surface area contributed by atoms with E-state index in [0.717, 1.165) is 6.42 Å². The molecule has 1 aliphatic rings. The molecule has 0 aliphatic heterocycles. The molecule has 0 saturated carbocycles. The van der Waals surface area contributed by atoms with Crippen LogP contribution in [0.3, 0.4) is 0 Å². The van der Waals surface area contributed by atoms with E-state index in [1.165, 1.54) is 12.8 Å². The number of carbonyl (C=O) groups excluding carboxylic acids is 1. The van der Waals surface area contributed by atoms with Gasteiger partial charge >= 0.3 is 0 Å². The van der Waals surface area contributed by atoms with E-state index in [1.54, 1.807) is 13.0 Å². The molecule has 0 fully saturated rings. The Labute approximate surface area is 67.8 Å². The lowest BCUT2D eigenvalue weighted by Gasteiger charge is -2.00. The van der Waals surface area contributed by atoms with E-state index < -0.39 is 0 Å². The number of carbonyl (C=O) groups is 1. The van der Waals surface area contributed by atoms with Crippen LogP contribution in [-0.2, 0) is 4.79 Å². The minimum atomic E-state index is 0.145. The molecule has 1 heteroatoms. The van der Waals surface area contributed by atoms with Crippen LogP contribution in [0.2, 0.25) is 0 Å². The fraction of sp³-hybridized carbons (Fsp3) is 0.500. The van der Waals surface area contributed by atoms with E-state index in [9.17, 15) is 4.79 Å². The average molecular weight is 150 g/mol. The van der Waals surface area contributed by atoms with Crippen LogP contribution in [0.5, 0.6) is 0 Å². The first-order valence-corrected chi connectivity index (χ1v) is 4.13. The topological polar surface area (TPSA) is 17.1 Å². The maximum absolute atomic E-state index is 10.5. The molecular weight excluding hydrogens is 136 g/mol. The van der Waals surface area contributed by atoms with Crippen molar-refractivity contribution < 1.29 is 4.79 Å². The molecule has 0 radical (unpaired) electrons. The highest BCUT2D eigenvalue weighted by atomic mass is 16.1. The van der Waals surface area contributed by atoms with Gasteiger partial charge in [0.2, 0.25) is 0 Å². The van der Waals surface area contributed by atoms with Crippen LogP contribution in [-0.4, -0.2) is 5.78 Å². The standard InChI is InChI=1S/C10H14O/c1-9(11)5-4-8-10-6-2-3-7-10/h2,4-6,10H,3,7-8H2,1H3/b5-4-. The molecule has 0 aromatic rings. The van der Waals surface area contributed by atoms with Crippen molar-refractivity contribution in [3.05, 3.63) is 24.3 Å². The normalized spacial score (nSPS) is 23.2. The minimum absolute atomic E-state index is 0.145. The third kappa shape index (κ3) is 3.17. The summed E-state index contributed by atoms with van der Waals surface area (Å²) in [6, 6.07) is 0. The third-order valence-electron chi connectivity index (χ3n) is 1.90. The molecule has 0 amide bonds. The molecule has 0 saturated heterocycles. The summed E-state index contributed by atoms with van der Waals surface area (Å²) in [5.41, 5.74) is 0. The average Bonchev–Trinajstić information content (AvgIpc) is 2.39. The van der Waals surface area contributed by atoms with Crippen molar-refractivity contribution in [2.45, 2.75) is 26.2 Å². The van der Waals surface area contributed by atoms with Crippen LogP contribution in [0.25, 0.3) is 0 Å². The smallest absolute Gasteiger partial charge is 0.152 e. The zero-order valence-corrected chi connectivity index (χ0v) is 6.92. The van der Waals surface area contributed by atoms with E-state index in [-0.39, 0.29) is 5.78 Å². The van der Waals surface area contributed by atoms with Gasteiger partial charge in [-0.15, -0.1) is 0 Å². The predicted molar refractivity (Wildman–Crippen MR) is 46.3 cm³/mol. The fourth-order valence-electron chi connectivity index (χ4n) is 1.30. The summed E-state index contributed by atoms with van der Waals surface area (Å²) in [4.78, 5) is 10.5. The molecule has 1 unspecified atom stereocenters. The van der Waals surface area contributed by atoms with Gasteiger partial charge in [-0.05, 0) is 38.2 Å². The van der Waals surface area contributed by atoms with Gasteiger partial charge < -0.3 is 0 Å². The molecule has 1 atom stereocenters. The molecule has 1 aliphatic carbocycles. The number of allylic oxidation sites excluding steroid dienone is 4. The summed E-state index contributed by atoms with van der Waals surface area (Å²) in [5, 5.41) is 0. The monoisotopic (exact) mass is 150 g/mol. The molecule has 60 valence electrons. The van der Waals surface area contributed by atoms with E-state index in [4.69, 9.17) is 0 Å². The second-order valence-electron chi connectivity index (χ2n) is 3.01. The molecule has 11 heavy (non-hydrogen) atoms. The fourth-order valence-corrected chi connectivity index (χ4v) is 1.30.